The molecule has 0 aromatic carbocycles. The molecule has 0 radical (unpaired) electrons. The van der Waals surface area contributed by atoms with Gasteiger partial charge in [0.25, 0.3) is 0 Å². The number of aliphatic hydroxyl groups is 1. The maximum Gasteiger partial charge on any atom is 0.223 e. The Labute approximate surface area is 79.5 Å². The van der Waals surface area contributed by atoms with Crippen LogP contribution in [0.5, 0.6) is 0 Å². The number of hydrogen-bond donors (Lipinski definition) is 2. The average molecular weight is 185 g/mol. The molecule has 0 aromatic heterocycles. The van der Waals surface area contributed by atoms with Gasteiger partial charge in [0.2, 0.25) is 5.91 Å². The smallest absolute Gasteiger partial charge is 0.223 e. The van der Waals surface area contributed by atoms with Crippen molar-refractivity contribution in [3.8, 4) is 0 Å². The van der Waals surface area contributed by atoms with E-state index < -0.39 is 0 Å². The predicted molar refractivity (Wildman–Crippen MR) is 51.2 cm³/mol. The van der Waals surface area contributed by atoms with Crippen LogP contribution in [0.2, 0.25) is 0 Å². The van der Waals surface area contributed by atoms with E-state index >= 15 is 0 Å². The number of rotatable bonds is 5. The van der Waals surface area contributed by atoms with Crippen molar-refractivity contribution < 1.29 is 9.90 Å². The Morgan fingerprint density at radius 3 is 2.62 bits per heavy atom. The minimum atomic E-state index is 0.0132. The van der Waals surface area contributed by atoms with Crippen molar-refractivity contribution in [2.24, 2.45) is 11.3 Å². The lowest BCUT2D eigenvalue weighted by molar-refractivity contribution is -0.122. The first-order valence-corrected chi connectivity index (χ1v) is 4.94. The standard InChI is InChI=1S/C10H19NO2/c1-10(2,5-6-12)7-11-9(13)8-3-4-8/h8,12H,3-7H2,1-2H3,(H,11,13). The Bertz CT molecular complexity index is 185. The second kappa shape index (κ2) is 4.09. The van der Waals surface area contributed by atoms with E-state index in [-0.39, 0.29) is 23.8 Å². The van der Waals surface area contributed by atoms with Crippen molar-refractivity contribution >= 4 is 5.91 Å². The zero-order valence-corrected chi connectivity index (χ0v) is 8.47. The highest BCUT2D eigenvalue weighted by atomic mass is 16.3. The molecule has 13 heavy (non-hydrogen) atoms. The van der Waals surface area contributed by atoms with Gasteiger partial charge in [0.05, 0.1) is 0 Å². The minimum absolute atomic E-state index is 0.0132. The largest absolute Gasteiger partial charge is 0.396 e. The van der Waals surface area contributed by atoms with Gasteiger partial charge < -0.3 is 10.4 Å². The van der Waals surface area contributed by atoms with Crippen LogP contribution in [0.1, 0.15) is 33.1 Å². The van der Waals surface area contributed by atoms with Gasteiger partial charge in [-0.15, -0.1) is 0 Å². The molecule has 0 atom stereocenters. The molecule has 0 unspecified atom stereocenters. The number of hydrogen-bond acceptors (Lipinski definition) is 2. The summed E-state index contributed by atoms with van der Waals surface area (Å²) in [7, 11) is 0. The Hall–Kier alpha value is -0.570. The molecular formula is C10H19NO2. The zero-order valence-electron chi connectivity index (χ0n) is 8.47. The molecule has 0 spiro atoms. The van der Waals surface area contributed by atoms with Gasteiger partial charge in [-0.3, -0.25) is 4.79 Å². The first kappa shape index (κ1) is 10.5. The van der Waals surface area contributed by atoms with Crippen LogP contribution in [0.4, 0.5) is 0 Å². The normalized spacial score (nSPS) is 17.2. The third kappa shape index (κ3) is 3.77. The summed E-state index contributed by atoms with van der Waals surface area (Å²) < 4.78 is 0. The van der Waals surface area contributed by atoms with Gasteiger partial charge in [-0.2, -0.15) is 0 Å². The van der Waals surface area contributed by atoms with Gasteiger partial charge in [-0.1, -0.05) is 13.8 Å². The SMILES string of the molecule is CC(C)(CCO)CNC(=O)C1CC1. The number of aliphatic hydroxyl groups excluding tert-OH is 1. The van der Waals surface area contributed by atoms with Gasteiger partial charge in [-0.05, 0) is 24.7 Å². The maximum atomic E-state index is 11.3. The van der Waals surface area contributed by atoms with Crippen LogP contribution in [-0.2, 0) is 4.79 Å². The van der Waals surface area contributed by atoms with E-state index in [1.165, 1.54) is 0 Å². The molecule has 0 aliphatic heterocycles. The van der Waals surface area contributed by atoms with Crippen molar-refractivity contribution in [2.45, 2.75) is 33.1 Å². The van der Waals surface area contributed by atoms with E-state index in [2.05, 4.69) is 19.2 Å². The Morgan fingerprint density at radius 2 is 2.15 bits per heavy atom. The van der Waals surface area contributed by atoms with E-state index in [9.17, 15) is 4.79 Å². The van der Waals surface area contributed by atoms with E-state index in [0.29, 0.717) is 6.54 Å². The molecule has 0 aromatic rings. The van der Waals surface area contributed by atoms with Crippen molar-refractivity contribution in [2.75, 3.05) is 13.2 Å². The molecule has 76 valence electrons. The molecule has 1 rings (SSSR count). The zero-order chi connectivity index (χ0) is 9.90. The number of carbonyl (C=O) groups excluding carboxylic acids is 1. The summed E-state index contributed by atoms with van der Waals surface area (Å²) in [5, 5.41) is 11.7. The molecule has 3 nitrogen and oxygen atoms in total. The lowest BCUT2D eigenvalue weighted by Crippen LogP contribution is -2.35. The number of nitrogens with one attached hydrogen (secondary N) is 1. The number of carbonyl (C=O) groups is 1. The Kier molecular flexibility index (Phi) is 3.31. The molecule has 0 bridgehead atoms. The van der Waals surface area contributed by atoms with Crippen LogP contribution in [0, 0.1) is 11.3 Å². The Balaban J connectivity index is 2.19. The highest BCUT2D eigenvalue weighted by Crippen LogP contribution is 2.29. The summed E-state index contributed by atoms with van der Waals surface area (Å²) in [6, 6.07) is 0. The van der Waals surface area contributed by atoms with Crippen LogP contribution < -0.4 is 5.32 Å². The van der Waals surface area contributed by atoms with Crippen LogP contribution in [0.25, 0.3) is 0 Å². The Morgan fingerprint density at radius 1 is 1.54 bits per heavy atom. The van der Waals surface area contributed by atoms with E-state index in [0.717, 1.165) is 19.3 Å². The fourth-order valence-electron chi connectivity index (χ4n) is 1.21. The molecule has 2 N–H and O–H groups in total. The molecule has 1 fully saturated rings. The van der Waals surface area contributed by atoms with Crippen molar-refractivity contribution in [1.82, 2.24) is 5.32 Å². The maximum absolute atomic E-state index is 11.3. The van der Waals surface area contributed by atoms with Crippen LogP contribution >= 0.6 is 0 Å². The van der Waals surface area contributed by atoms with Crippen LogP contribution in [0.3, 0.4) is 0 Å². The molecule has 3 heteroatoms. The van der Waals surface area contributed by atoms with Gasteiger partial charge >= 0.3 is 0 Å². The van der Waals surface area contributed by atoms with Crippen LogP contribution in [-0.4, -0.2) is 24.2 Å². The van der Waals surface area contributed by atoms with Gasteiger partial charge in [0.1, 0.15) is 0 Å². The number of amides is 1. The predicted octanol–water partition coefficient (Wildman–Crippen LogP) is 0.921. The summed E-state index contributed by atoms with van der Waals surface area (Å²) in [4.78, 5) is 11.3. The fourth-order valence-corrected chi connectivity index (χ4v) is 1.21. The quantitative estimate of drug-likeness (QED) is 0.669. The lowest BCUT2D eigenvalue weighted by Gasteiger charge is -2.23. The summed E-state index contributed by atoms with van der Waals surface area (Å²) in [5.41, 5.74) is 0.0132. The summed E-state index contributed by atoms with van der Waals surface area (Å²) in [6.45, 7) is 4.96. The average Bonchev–Trinajstić information content (AvgIpc) is 2.82. The molecular weight excluding hydrogens is 166 g/mol. The molecule has 0 saturated heterocycles. The molecule has 1 amide bonds. The minimum Gasteiger partial charge on any atom is -0.396 e. The second-order valence-corrected chi connectivity index (χ2v) is 4.63. The van der Waals surface area contributed by atoms with Gasteiger partial charge in [-0.25, -0.2) is 0 Å². The third-order valence-corrected chi connectivity index (χ3v) is 2.48. The highest BCUT2D eigenvalue weighted by molar-refractivity contribution is 5.80. The fraction of sp³-hybridized carbons (Fsp3) is 0.900. The molecule has 1 aliphatic rings. The first-order chi connectivity index (χ1) is 6.05. The summed E-state index contributed by atoms with van der Waals surface area (Å²) in [6.07, 6.45) is 2.83. The lowest BCUT2D eigenvalue weighted by atomic mass is 9.90. The molecule has 1 aliphatic carbocycles. The van der Waals surface area contributed by atoms with Crippen molar-refractivity contribution in [1.29, 1.82) is 0 Å². The monoisotopic (exact) mass is 185 g/mol. The summed E-state index contributed by atoms with van der Waals surface area (Å²) in [5.74, 6) is 0.468. The van der Waals surface area contributed by atoms with Gasteiger partial charge in [0, 0.05) is 19.1 Å². The molecule has 1 saturated carbocycles. The highest BCUT2D eigenvalue weighted by Gasteiger charge is 2.30. The third-order valence-electron chi connectivity index (χ3n) is 2.48. The van der Waals surface area contributed by atoms with E-state index in [4.69, 9.17) is 5.11 Å². The summed E-state index contributed by atoms with van der Waals surface area (Å²) >= 11 is 0. The van der Waals surface area contributed by atoms with E-state index in [1.54, 1.807) is 0 Å². The van der Waals surface area contributed by atoms with E-state index in [1.807, 2.05) is 0 Å². The topological polar surface area (TPSA) is 49.3 Å². The van der Waals surface area contributed by atoms with Crippen molar-refractivity contribution in [3.63, 3.8) is 0 Å². The van der Waals surface area contributed by atoms with Crippen molar-refractivity contribution in [3.05, 3.63) is 0 Å². The molecule has 0 heterocycles. The first-order valence-electron chi connectivity index (χ1n) is 4.94. The second-order valence-electron chi connectivity index (χ2n) is 4.63. The van der Waals surface area contributed by atoms with Gasteiger partial charge in [0.15, 0.2) is 0 Å². The van der Waals surface area contributed by atoms with Crippen LogP contribution in [0.15, 0.2) is 0 Å².